The Morgan fingerprint density at radius 3 is 2.62 bits per heavy atom. The lowest BCUT2D eigenvalue weighted by molar-refractivity contribution is -0.117. The summed E-state index contributed by atoms with van der Waals surface area (Å²) >= 11 is 1.23. The molecule has 0 radical (unpaired) electrons. The van der Waals surface area contributed by atoms with Crippen LogP contribution in [0.15, 0.2) is 47.8 Å². The fourth-order valence-corrected chi connectivity index (χ4v) is 3.48. The summed E-state index contributed by atoms with van der Waals surface area (Å²) in [5.74, 6) is -1.23. The van der Waals surface area contributed by atoms with Crippen LogP contribution in [0, 0.1) is 11.6 Å². The van der Waals surface area contributed by atoms with Gasteiger partial charge >= 0.3 is 0 Å². The first-order valence-electron chi connectivity index (χ1n) is 9.05. The van der Waals surface area contributed by atoms with E-state index in [9.17, 15) is 13.6 Å². The molecule has 0 aliphatic heterocycles. The first kappa shape index (κ1) is 20.9. The Morgan fingerprint density at radius 2 is 1.93 bits per heavy atom. The van der Waals surface area contributed by atoms with Crippen molar-refractivity contribution in [3.63, 3.8) is 0 Å². The van der Waals surface area contributed by atoms with E-state index in [1.807, 2.05) is 43.1 Å². The molecule has 1 aromatic heterocycles. The Labute approximate surface area is 172 Å². The maximum Gasteiger partial charge on any atom is 0.240 e. The van der Waals surface area contributed by atoms with Crippen LogP contribution in [0.25, 0.3) is 11.3 Å². The van der Waals surface area contributed by atoms with Crippen LogP contribution in [-0.4, -0.2) is 36.0 Å². The second kappa shape index (κ2) is 9.58. The standard InChI is InChI=1S/C21H21F2N3O2S/c1-3-28-16-7-4-14(5-8-16)11-26(2)12-20(27)25-21-24-19(13-29-21)15-6-9-17(22)18(23)10-15/h4-10,13H,3,11-12H2,1-2H3,(H,24,25,27). The molecule has 0 spiro atoms. The SMILES string of the molecule is CCOc1ccc(CN(C)CC(=O)Nc2nc(-c3ccc(F)c(F)c3)cs2)cc1. The minimum Gasteiger partial charge on any atom is -0.494 e. The lowest BCUT2D eigenvalue weighted by atomic mass is 10.2. The van der Waals surface area contributed by atoms with E-state index in [2.05, 4.69) is 10.3 Å². The number of likely N-dealkylation sites (N-methyl/N-ethyl adjacent to an activating group) is 1. The summed E-state index contributed by atoms with van der Waals surface area (Å²) in [7, 11) is 1.85. The fraction of sp³-hybridized carbons (Fsp3) is 0.238. The molecule has 0 unspecified atom stereocenters. The number of hydrogen-bond acceptors (Lipinski definition) is 5. The highest BCUT2D eigenvalue weighted by molar-refractivity contribution is 7.14. The van der Waals surface area contributed by atoms with Crippen LogP contribution in [0.1, 0.15) is 12.5 Å². The van der Waals surface area contributed by atoms with Gasteiger partial charge in [-0.15, -0.1) is 11.3 Å². The van der Waals surface area contributed by atoms with Crippen LogP contribution in [-0.2, 0) is 11.3 Å². The van der Waals surface area contributed by atoms with E-state index >= 15 is 0 Å². The number of anilines is 1. The summed E-state index contributed by atoms with van der Waals surface area (Å²) in [5.41, 5.74) is 2.00. The molecule has 1 N–H and O–H groups in total. The molecular formula is C21H21F2N3O2S. The van der Waals surface area contributed by atoms with E-state index in [0.717, 1.165) is 23.4 Å². The highest BCUT2D eigenvalue weighted by Gasteiger charge is 2.12. The molecule has 152 valence electrons. The number of rotatable bonds is 8. The van der Waals surface area contributed by atoms with Crippen molar-refractivity contribution < 1.29 is 18.3 Å². The number of aromatic nitrogens is 1. The number of carbonyl (C=O) groups excluding carboxylic acids is 1. The summed E-state index contributed by atoms with van der Waals surface area (Å²) in [6.45, 7) is 3.35. The number of nitrogens with one attached hydrogen (secondary N) is 1. The van der Waals surface area contributed by atoms with Gasteiger partial charge in [0.2, 0.25) is 5.91 Å². The maximum absolute atomic E-state index is 13.4. The molecule has 3 rings (SSSR count). The zero-order valence-electron chi connectivity index (χ0n) is 16.1. The quantitative estimate of drug-likeness (QED) is 0.584. The predicted octanol–water partition coefficient (Wildman–Crippen LogP) is 4.56. The number of halogens is 2. The number of ether oxygens (including phenoxy) is 1. The number of carbonyl (C=O) groups is 1. The van der Waals surface area contributed by atoms with E-state index in [1.54, 1.807) is 5.38 Å². The molecule has 2 aromatic carbocycles. The average Bonchev–Trinajstić information content (AvgIpc) is 3.14. The monoisotopic (exact) mass is 417 g/mol. The Bertz CT molecular complexity index is 976. The van der Waals surface area contributed by atoms with Gasteiger partial charge in [-0.05, 0) is 49.9 Å². The normalized spacial score (nSPS) is 10.9. The molecular weight excluding hydrogens is 396 g/mol. The molecule has 0 aliphatic rings. The summed E-state index contributed by atoms with van der Waals surface area (Å²) in [5, 5.41) is 4.83. The van der Waals surface area contributed by atoms with Crippen molar-refractivity contribution in [1.82, 2.24) is 9.88 Å². The fourth-order valence-electron chi connectivity index (χ4n) is 2.75. The van der Waals surface area contributed by atoms with Crippen molar-refractivity contribution in [2.24, 2.45) is 0 Å². The van der Waals surface area contributed by atoms with Gasteiger partial charge in [0.05, 0.1) is 18.8 Å². The van der Waals surface area contributed by atoms with Gasteiger partial charge in [0.15, 0.2) is 16.8 Å². The van der Waals surface area contributed by atoms with Gasteiger partial charge in [0.1, 0.15) is 5.75 Å². The number of thiazole rings is 1. The van der Waals surface area contributed by atoms with Crippen LogP contribution in [0.5, 0.6) is 5.75 Å². The van der Waals surface area contributed by atoms with E-state index in [0.29, 0.717) is 29.5 Å². The number of amides is 1. The topological polar surface area (TPSA) is 54.5 Å². The number of nitrogens with zero attached hydrogens (tertiary/aromatic N) is 2. The minimum absolute atomic E-state index is 0.188. The van der Waals surface area contributed by atoms with Crippen molar-refractivity contribution in [2.45, 2.75) is 13.5 Å². The molecule has 0 aliphatic carbocycles. The van der Waals surface area contributed by atoms with Crippen molar-refractivity contribution in [3.05, 3.63) is 65.0 Å². The predicted molar refractivity (Wildman–Crippen MR) is 110 cm³/mol. The average molecular weight is 417 g/mol. The Balaban J connectivity index is 1.53. The molecule has 0 saturated heterocycles. The third-order valence-corrected chi connectivity index (χ3v) is 4.82. The summed E-state index contributed by atoms with van der Waals surface area (Å²) < 4.78 is 31.9. The summed E-state index contributed by atoms with van der Waals surface area (Å²) in [6, 6.07) is 11.3. The Morgan fingerprint density at radius 1 is 1.17 bits per heavy atom. The molecule has 1 amide bonds. The Hall–Kier alpha value is -2.84. The van der Waals surface area contributed by atoms with Crippen LogP contribution < -0.4 is 10.1 Å². The number of hydrogen-bond donors (Lipinski definition) is 1. The molecule has 8 heteroatoms. The zero-order chi connectivity index (χ0) is 20.8. The summed E-state index contributed by atoms with van der Waals surface area (Å²) in [4.78, 5) is 18.4. The van der Waals surface area contributed by atoms with E-state index < -0.39 is 11.6 Å². The van der Waals surface area contributed by atoms with E-state index in [-0.39, 0.29) is 12.5 Å². The highest BCUT2D eigenvalue weighted by atomic mass is 32.1. The van der Waals surface area contributed by atoms with Gasteiger partial charge in [-0.3, -0.25) is 9.69 Å². The van der Waals surface area contributed by atoms with E-state index in [4.69, 9.17) is 4.74 Å². The van der Waals surface area contributed by atoms with Crippen LogP contribution in [0.2, 0.25) is 0 Å². The molecule has 1 heterocycles. The van der Waals surface area contributed by atoms with E-state index in [1.165, 1.54) is 17.4 Å². The maximum atomic E-state index is 13.4. The first-order chi connectivity index (χ1) is 13.9. The third kappa shape index (κ3) is 5.82. The van der Waals surface area contributed by atoms with Crippen LogP contribution in [0.4, 0.5) is 13.9 Å². The third-order valence-electron chi connectivity index (χ3n) is 4.07. The van der Waals surface area contributed by atoms with Gasteiger partial charge in [0, 0.05) is 17.5 Å². The van der Waals surface area contributed by atoms with Gasteiger partial charge in [-0.1, -0.05) is 12.1 Å². The van der Waals surface area contributed by atoms with Gasteiger partial charge in [-0.25, -0.2) is 13.8 Å². The number of benzene rings is 2. The van der Waals surface area contributed by atoms with Crippen molar-refractivity contribution in [1.29, 1.82) is 0 Å². The molecule has 0 bridgehead atoms. The minimum atomic E-state index is -0.933. The second-order valence-corrected chi connectivity index (χ2v) is 7.32. The first-order valence-corrected chi connectivity index (χ1v) is 9.93. The zero-order valence-corrected chi connectivity index (χ0v) is 16.9. The van der Waals surface area contributed by atoms with Crippen LogP contribution >= 0.6 is 11.3 Å². The van der Waals surface area contributed by atoms with Crippen molar-refractivity contribution >= 4 is 22.4 Å². The largest absolute Gasteiger partial charge is 0.494 e. The Kier molecular flexibility index (Phi) is 6.90. The lowest BCUT2D eigenvalue weighted by Crippen LogP contribution is -2.29. The molecule has 29 heavy (non-hydrogen) atoms. The molecule has 3 aromatic rings. The molecule has 0 atom stereocenters. The highest BCUT2D eigenvalue weighted by Crippen LogP contribution is 2.26. The summed E-state index contributed by atoms with van der Waals surface area (Å²) in [6.07, 6.45) is 0. The van der Waals surface area contributed by atoms with Gasteiger partial charge in [0.25, 0.3) is 0 Å². The molecule has 0 fully saturated rings. The lowest BCUT2D eigenvalue weighted by Gasteiger charge is -2.16. The second-order valence-electron chi connectivity index (χ2n) is 6.46. The van der Waals surface area contributed by atoms with Crippen molar-refractivity contribution in [3.8, 4) is 17.0 Å². The molecule has 0 saturated carbocycles. The van der Waals surface area contributed by atoms with Gasteiger partial charge in [-0.2, -0.15) is 0 Å². The molecule has 5 nitrogen and oxygen atoms in total. The van der Waals surface area contributed by atoms with Crippen LogP contribution in [0.3, 0.4) is 0 Å². The van der Waals surface area contributed by atoms with Gasteiger partial charge < -0.3 is 10.1 Å². The van der Waals surface area contributed by atoms with Crippen molar-refractivity contribution in [2.75, 3.05) is 25.5 Å². The smallest absolute Gasteiger partial charge is 0.240 e.